The fourth-order valence-corrected chi connectivity index (χ4v) is 0.957. The minimum atomic E-state index is -0.263. The summed E-state index contributed by atoms with van der Waals surface area (Å²) in [5.74, 6) is 0. The zero-order chi connectivity index (χ0) is 7.84. The topological polar surface area (TPSA) is 71.8 Å². The number of nitrogens with one attached hydrogen (secondary N) is 1. The standard InChI is InChI=1S/C6H5N3O2/c1-3-5-4(11-9-3)2-7-8-6(5)10/h2H,1H3,(H,8,10). The summed E-state index contributed by atoms with van der Waals surface area (Å²) in [7, 11) is 0. The van der Waals surface area contributed by atoms with Crippen molar-refractivity contribution in [3.8, 4) is 0 Å². The van der Waals surface area contributed by atoms with Gasteiger partial charge in [0.05, 0.1) is 11.9 Å². The van der Waals surface area contributed by atoms with Gasteiger partial charge < -0.3 is 4.52 Å². The lowest BCUT2D eigenvalue weighted by molar-refractivity contribution is 0.449. The predicted molar refractivity (Wildman–Crippen MR) is 37.2 cm³/mol. The summed E-state index contributed by atoms with van der Waals surface area (Å²) in [6.07, 6.45) is 1.43. The van der Waals surface area contributed by atoms with E-state index in [2.05, 4.69) is 15.4 Å². The molecule has 56 valence electrons. The van der Waals surface area contributed by atoms with Crippen LogP contribution in [0, 0.1) is 6.92 Å². The van der Waals surface area contributed by atoms with E-state index in [0.717, 1.165) is 0 Å². The van der Waals surface area contributed by atoms with Gasteiger partial charge in [-0.15, -0.1) is 0 Å². The Labute approximate surface area is 61.0 Å². The molecular formula is C6H5N3O2. The lowest BCUT2D eigenvalue weighted by atomic mass is 10.3. The number of aromatic nitrogens is 3. The molecule has 0 aliphatic carbocycles. The molecule has 0 saturated heterocycles. The highest BCUT2D eigenvalue weighted by molar-refractivity contribution is 5.76. The zero-order valence-electron chi connectivity index (χ0n) is 5.79. The SMILES string of the molecule is Cc1noc2cn[nH]c(=O)c12. The third-order valence-electron chi connectivity index (χ3n) is 1.46. The Hall–Kier alpha value is -1.65. The van der Waals surface area contributed by atoms with Gasteiger partial charge in [-0.2, -0.15) is 5.10 Å². The third-order valence-corrected chi connectivity index (χ3v) is 1.46. The van der Waals surface area contributed by atoms with Crippen molar-refractivity contribution >= 4 is 11.0 Å². The average molecular weight is 151 g/mol. The number of fused-ring (bicyclic) bond motifs is 1. The predicted octanol–water partition coefficient (Wildman–Crippen LogP) is 0.220. The van der Waals surface area contributed by atoms with E-state index in [0.29, 0.717) is 16.7 Å². The zero-order valence-corrected chi connectivity index (χ0v) is 5.79. The molecule has 0 unspecified atom stereocenters. The lowest BCUT2D eigenvalue weighted by Crippen LogP contribution is -2.06. The van der Waals surface area contributed by atoms with Crippen LogP contribution in [-0.2, 0) is 0 Å². The number of H-pyrrole nitrogens is 1. The van der Waals surface area contributed by atoms with Gasteiger partial charge in [-0.05, 0) is 6.92 Å². The summed E-state index contributed by atoms with van der Waals surface area (Å²) in [6.45, 7) is 1.71. The minimum Gasteiger partial charge on any atom is -0.354 e. The number of nitrogens with zero attached hydrogens (tertiary/aromatic N) is 2. The second kappa shape index (κ2) is 1.91. The molecule has 0 saturated carbocycles. The molecule has 1 N–H and O–H groups in total. The molecule has 0 aliphatic heterocycles. The van der Waals surface area contributed by atoms with Crippen molar-refractivity contribution in [2.45, 2.75) is 6.92 Å². The summed E-state index contributed by atoms with van der Waals surface area (Å²) >= 11 is 0. The molecule has 0 bridgehead atoms. The molecule has 5 heteroatoms. The van der Waals surface area contributed by atoms with Crippen molar-refractivity contribution in [3.05, 3.63) is 22.2 Å². The maximum Gasteiger partial charge on any atom is 0.277 e. The van der Waals surface area contributed by atoms with Crippen LogP contribution in [0.25, 0.3) is 11.0 Å². The van der Waals surface area contributed by atoms with E-state index < -0.39 is 0 Å². The molecule has 2 rings (SSSR count). The maximum absolute atomic E-state index is 11.0. The van der Waals surface area contributed by atoms with Crippen LogP contribution >= 0.6 is 0 Å². The molecule has 0 radical (unpaired) electrons. The van der Waals surface area contributed by atoms with Gasteiger partial charge in [0.15, 0.2) is 5.58 Å². The first-order valence-corrected chi connectivity index (χ1v) is 3.08. The van der Waals surface area contributed by atoms with Gasteiger partial charge in [0.25, 0.3) is 5.56 Å². The Kier molecular flexibility index (Phi) is 1.06. The van der Waals surface area contributed by atoms with Gasteiger partial charge in [0, 0.05) is 0 Å². The number of rotatable bonds is 0. The Balaban J connectivity index is 3.08. The summed E-state index contributed by atoms with van der Waals surface area (Å²) in [5.41, 5.74) is 0.746. The lowest BCUT2D eigenvalue weighted by Gasteiger charge is -1.82. The molecule has 0 atom stereocenters. The summed E-state index contributed by atoms with van der Waals surface area (Å²) in [5, 5.41) is 9.94. The van der Waals surface area contributed by atoms with E-state index in [1.54, 1.807) is 6.92 Å². The molecule has 0 spiro atoms. The number of aryl methyl sites for hydroxylation is 1. The van der Waals surface area contributed by atoms with Crippen LogP contribution in [0.15, 0.2) is 15.5 Å². The van der Waals surface area contributed by atoms with Crippen molar-refractivity contribution in [3.63, 3.8) is 0 Å². The molecule has 5 nitrogen and oxygen atoms in total. The van der Waals surface area contributed by atoms with Crippen molar-refractivity contribution in [1.29, 1.82) is 0 Å². The number of aromatic amines is 1. The first-order chi connectivity index (χ1) is 5.29. The van der Waals surface area contributed by atoms with Gasteiger partial charge in [0.1, 0.15) is 5.39 Å². The normalized spacial score (nSPS) is 10.6. The van der Waals surface area contributed by atoms with Crippen molar-refractivity contribution < 1.29 is 4.52 Å². The number of hydrogen-bond acceptors (Lipinski definition) is 4. The van der Waals surface area contributed by atoms with Crippen LogP contribution in [0.5, 0.6) is 0 Å². The minimum absolute atomic E-state index is 0.263. The van der Waals surface area contributed by atoms with E-state index >= 15 is 0 Å². The maximum atomic E-state index is 11.0. The molecule has 2 aromatic heterocycles. The van der Waals surface area contributed by atoms with Crippen molar-refractivity contribution in [2.75, 3.05) is 0 Å². The van der Waals surface area contributed by atoms with Crippen molar-refractivity contribution in [1.82, 2.24) is 15.4 Å². The smallest absolute Gasteiger partial charge is 0.277 e. The monoisotopic (exact) mass is 151 g/mol. The second-order valence-electron chi connectivity index (χ2n) is 2.21. The first-order valence-electron chi connectivity index (χ1n) is 3.08. The second-order valence-corrected chi connectivity index (χ2v) is 2.21. The highest BCUT2D eigenvalue weighted by Gasteiger charge is 2.06. The van der Waals surface area contributed by atoms with Crippen molar-refractivity contribution in [2.24, 2.45) is 0 Å². The molecule has 0 amide bonds. The van der Waals surface area contributed by atoms with Crippen LogP contribution < -0.4 is 5.56 Å². The Morgan fingerprint density at radius 2 is 2.45 bits per heavy atom. The van der Waals surface area contributed by atoms with Gasteiger partial charge in [-0.1, -0.05) is 5.16 Å². The van der Waals surface area contributed by atoms with E-state index in [-0.39, 0.29) is 5.56 Å². The first kappa shape index (κ1) is 6.09. The average Bonchev–Trinajstić information content (AvgIpc) is 2.34. The quantitative estimate of drug-likeness (QED) is 0.584. The highest BCUT2D eigenvalue weighted by atomic mass is 16.5. The Morgan fingerprint density at radius 3 is 3.18 bits per heavy atom. The fraction of sp³-hybridized carbons (Fsp3) is 0.167. The Morgan fingerprint density at radius 1 is 1.64 bits per heavy atom. The molecule has 2 aromatic rings. The fourth-order valence-electron chi connectivity index (χ4n) is 0.957. The van der Waals surface area contributed by atoms with E-state index in [1.165, 1.54) is 6.20 Å². The summed E-state index contributed by atoms with van der Waals surface area (Å²) in [6, 6.07) is 0. The largest absolute Gasteiger partial charge is 0.354 e. The Bertz CT molecular complexity index is 442. The summed E-state index contributed by atoms with van der Waals surface area (Å²) in [4.78, 5) is 11.0. The van der Waals surface area contributed by atoms with Crippen LogP contribution in [0.3, 0.4) is 0 Å². The highest BCUT2D eigenvalue weighted by Crippen LogP contribution is 2.09. The number of hydrogen-bond donors (Lipinski definition) is 1. The van der Waals surface area contributed by atoms with Gasteiger partial charge in [-0.25, -0.2) is 5.10 Å². The van der Waals surface area contributed by atoms with E-state index in [4.69, 9.17) is 4.52 Å². The molecule has 0 aromatic carbocycles. The molecule has 0 fully saturated rings. The third kappa shape index (κ3) is 0.739. The van der Waals surface area contributed by atoms with E-state index in [1.807, 2.05) is 0 Å². The van der Waals surface area contributed by atoms with Gasteiger partial charge in [-0.3, -0.25) is 4.79 Å². The van der Waals surface area contributed by atoms with Gasteiger partial charge >= 0.3 is 0 Å². The van der Waals surface area contributed by atoms with E-state index in [9.17, 15) is 4.79 Å². The van der Waals surface area contributed by atoms with Crippen LogP contribution in [0.4, 0.5) is 0 Å². The summed E-state index contributed by atoms with van der Waals surface area (Å²) < 4.78 is 4.80. The van der Waals surface area contributed by atoms with Crippen LogP contribution in [0.1, 0.15) is 5.69 Å². The molecule has 11 heavy (non-hydrogen) atoms. The van der Waals surface area contributed by atoms with Crippen LogP contribution in [0.2, 0.25) is 0 Å². The molecular weight excluding hydrogens is 146 g/mol. The van der Waals surface area contributed by atoms with Gasteiger partial charge in [0.2, 0.25) is 0 Å². The molecule has 0 aliphatic rings. The molecule has 2 heterocycles. The van der Waals surface area contributed by atoms with Crippen LogP contribution in [-0.4, -0.2) is 15.4 Å².